The molecule has 0 aromatic carbocycles. The Morgan fingerprint density at radius 2 is 2.18 bits per heavy atom. The highest BCUT2D eigenvalue weighted by molar-refractivity contribution is 5.79. The molecule has 6 heteroatoms. The summed E-state index contributed by atoms with van der Waals surface area (Å²) in [6.07, 6.45) is 1.64. The number of amides is 1. The zero-order valence-corrected chi connectivity index (χ0v) is 10.5. The summed E-state index contributed by atoms with van der Waals surface area (Å²) in [5.41, 5.74) is 11.7. The van der Waals surface area contributed by atoms with Crippen LogP contribution in [-0.2, 0) is 4.79 Å². The number of aromatic nitrogens is 2. The first-order valence-corrected chi connectivity index (χ1v) is 5.52. The second-order valence-corrected chi connectivity index (χ2v) is 4.48. The minimum atomic E-state index is -0.387. The van der Waals surface area contributed by atoms with E-state index in [9.17, 15) is 4.79 Å². The van der Waals surface area contributed by atoms with Gasteiger partial charge in [0, 0.05) is 18.3 Å². The minimum Gasteiger partial charge on any atom is -0.368 e. The molecule has 4 N–H and O–H groups in total. The van der Waals surface area contributed by atoms with Crippen molar-refractivity contribution in [1.82, 2.24) is 9.97 Å². The molecule has 17 heavy (non-hydrogen) atoms. The summed E-state index contributed by atoms with van der Waals surface area (Å²) in [4.78, 5) is 21.0. The monoisotopic (exact) mass is 237 g/mol. The Labute approximate surface area is 101 Å². The first-order chi connectivity index (χ1) is 7.90. The molecule has 0 saturated carbocycles. The fourth-order valence-corrected chi connectivity index (χ4v) is 1.62. The molecule has 1 amide bonds. The molecule has 0 spiro atoms. The van der Waals surface area contributed by atoms with E-state index in [1.54, 1.807) is 6.20 Å². The van der Waals surface area contributed by atoms with Crippen molar-refractivity contribution in [3.05, 3.63) is 11.8 Å². The molecular formula is C11H19N5O. The summed E-state index contributed by atoms with van der Waals surface area (Å²) < 4.78 is 0. The van der Waals surface area contributed by atoms with Crippen molar-refractivity contribution in [3.8, 4) is 0 Å². The normalized spacial score (nSPS) is 10.6. The summed E-state index contributed by atoms with van der Waals surface area (Å²) in [6, 6.07) is 0. The number of primary amides is 1. The van der Waals surface area contributed by atoms with Crippen molar-refractivity contribution in [3.63, 3.8) is 0 Å². The maximum absolute atomic E-state index is 11.1. The van der Waals surface area contributed by atoms with Gasteiger partial charge in [0.05, 0.1) is 6.54 Å². The first kappa shape index (κ1) is 13.2. The Balaban J connectivity index is 3.02. The van der Waals surface area contributed by atoms with Crippen LogP contribution in [0.4, 0.5) is 11.8 Å². The van der Waals surface area contributed by atoms with E-state index in [1.807, 2.05) is 11.8 Å². The van der Waals surface area contributed by atoms with Crippen LogP contribution in [0.2, 0.25) is 0 Å². The van der Waals surface area contributed by atoms with Crippen LogP contribution in [0.3, 0.4) is 0 Å². The van der Waals surface area contributed by atoms with Gasteiger partial charge in [-0.3, -0.25) is 4.79 Å². The Hall–Kier alpha value is -1.85. The average Bonchev–Trinajstić information content (AvgIpc) is 2.19. The fourth-order valence-electron chi connectivity index (χ4n) is 1.62. The van der Waals surface area contributed by atoms with Gasteiger partial charge < -0.3 is 16.4 Å². The Morgan fingerprint density at radius 3 is 2.71 bits per heavy atom. The van der Waals surface area contributed by atoms with Crippen LogP contribution in [0.1, 0.15) is 19.4 Å². The second kappa shape index (κ2) is 5.47. The Kier molecular flexibility index (Phi) is 4.25. The maximum Gasteiger partial charge on any atom is 0.236 e. The van der Waals surface area contributed by atoms with Crippen LogP contribution in [0, 0.1) is 12.8 Å². The van der Waals surface area contributed by atoms with Gasteiger partial charge in [0.2, 0.25) is 11.9 Å². The molecule has 0 radical (unpaired) electrons. The van der Waals surface area contributed by atoms with E-state index in [1.165, 1.54) is 0 Å². The quantitative estimate of drug-likeness (QED) is 0.768. The van der Waals surface area contributed by atoms with Crippen LogP contribution < -0.4 is 16.4 Å². The molecule has 0 unspecified atom stereocenters. The van der Waals surface area contributed by atoms with Gasteiger partial charge in [-0.25, -0.2) is 4.98 Å². The van der Waals surface area contributed by atoms with E-state index < -0.39 is 0 Å². The number of aryl methyl sites for hydroxylation is 1. The number of hydrogen-bond acceptors (Lipinski definition) is 5. The van der Waals surface area contributed by atoms with Gasteiger partial charge in [0.25, 0.3) is 0 Å². The molecule has 0 aliphatic rings. The van der Waals surface area contributed by atoms with Crippen LogP contribution in [0.15, 0.2) is 6.20 Å². The molecular weight excluding hydrogens is 218 g/mol. The van der Waals surface area contributed by atoms with E-state index in [4.69, 9.17) is 11.5 Å². The molecule has 1 rings (SSSR count). The number of rotatable bonds is 5. The van der Waals surface area contributed by atoms with Crippen molar-refractivity contribution >= 4 is 17.7 Å². The lowest BCUT2D eigenvalue weighted by Crippen LogP contribution is -2.37. The van der Waals surface area contributed by atoms with Gasteiger partial charge in [-0.1, -0.05) is 13.8 Å². The molecule has 1 heterocycles. The lowest BCUT2D eigenvalue weighted by Gasteiger charge is -2.25. The SMILES string of the molecule is Cc1cnc(N)nc1N(CC(N)=O)CC(C)C. The summed E-state index contributed by atoms with van der Waals surface area (Å²) in [5.74, 6) is 0.876. The molecule has 1 aromatic rings. The van der Waals surface area contributed by atoms with Crippen molar-refractivity contribution in [2.24, 2.45) is 11.7 Å². The average molecular weight is 237 g/mol. The van der Waals surface area contributed by atoms with Gasteiger partial charge in [0.15, 0.2) is 0 Å². The summed E-state index contributed by atoms with van der Waals surface area (Å²) in [5, 5.41) is 0. The number of carbonyl (C=O) groups excluding carboxylic acids is 1. The summed E-state index contributed by atoms with van der Waals surface area (Å²) in [6.45, 7) is 6.83. The first-order valence-electron chi connectivity index (χ1n) is 5.52. The van der Waals surface area contributed by atoms with Crippen LogP contribution in [0.25, 0.3) is 0 Å². The third kappa shape index (κ3) is 3.90. The predicted molar refractivity (Wildman–Crippen MR) is 67.4 cm³/mol. The van der Waals surface area contributed by atoms with Gasteiger partial charge in [0.1, 0.15) is 5.82 Å². The largest absolute Gasteiger partial charge is 0.368 e. The maximum atomic E-state index is 11.1. The van der Waals surface area contributed by atoms with Crippen molar-refractivity contribution < 1.29 is 4.79 Å². The molecule has 6 nitrogen and oxygen atoms in total. The van der Waals surface area contributed by atoms with E-state index in [0.29, 0.717) is 18.3 Å². The van der Waals surface area contributed by atoms with Gasteiger partial charge in [-0.05, 0) is 12.8 Å². The van der Waals surface area contributed by atoms with Crippen LogP contribution in [0.5, 0.6) is 0 Å². The molecule has 94 valence electrons. The van der Waals surface area contributed by atoms with Gasteiger partial charge >= 0.3 is 0 Å². The lowest BCUT2D eigenvalue weighted by atomic mass is 10.2. The lowest BCUT2D eigenvalue weighted by molar-refractivity contribution is -0.116. The molecule has 1 aromatic heterocycles. The topological polar surface area (TPSA) is 98.1 Å². The van der Waals surface area contributed by atoms with E-state index in [-0.39, 0.29) is 18.4 Å². The summed E-state index contributed by atoms with van der Waals surface area (Å²) in [7, 11) is 0. The minimum absolute atomic E-state index is 0.134. The Morgan fingerprint density at radius 1 is 1.53 bits per heavy atom. The highest BCUT2D eigenvalue weighted by Gasteiger charge is 2.15. The van der Waals surface area contributed by atoms with E-state index >= 15 is 0 Å². The molecule has 0 atom stereocenters. The molecule has 0 aliphatic carbocycles. The number of nitrogen functional groups attached to an aromatic ring is 1. The summed E-state index contributed by atoms with van der Waals surface area (Å²) >= 11 is 0. The smallest absolute Gasteiger partial charge is 0.236 e. The van der Waals surface area contributed by atoms with E-state index in [0.717, 1.165) is 5.56 Å². The number of hydrogen-bond donors (Lipinski definition) is 2. The zero-order chi connectivity index (χ0) is 13.0. The fraction of sp³-hybridized carbons (Fsp3) is 0.545. The van der Waals surface area contributed by atoms with E-state index in [2.05, 4.69) is 23.8 Å². The van der Waals surface area contributed by atoms with Gasteiger partial charge in [-0.2, -0.15) is 4.98 Å². The van der Waals surface area contributed by atoms with Crippen LogP contribution in [-0.4, -0.2) is 29.0 Å². The van der Waals surface area contributed by atoms with Crippen LogP contribution >= 0.6 is 0 Å². The van der Waals surface area contributed by atoms with Crippen molar-refractivity contribution in [2.75, 3.05) is 23.7 Å². The molecule has 0 aliphatic heterocycles. The molecule has 0 saturated heterocycles. The highest BCUT2D eigenvalue weighted by Crippen LogP contribution is 2.18. The molecule has 0 fully saturated rings. The van der Waals surface area contributed by atoms with Crippen molar-refractivity contribution in [2.45, 2.75) is 20.8 Å². The van der Waals surface area contributed by atoms with Gasteiger partial charge in [-0.15, -0.1) is 0 Å². The number of nitrogens with zero attached hydrogens (tertiary/aromatic N) is 3. The van der Waals surface area contributed by atoms with Crippen molar-refractivity contribution in [1.29, 1.82) is 0 Å². The molecule has 0 bridgehead atoms. The third-order valence-electron chi connectivity index (χ3n) is 2.20. The number of carbonyl (C=O) groups is 1. The Bertz CT molecular complexity index is 405. The zero-order valence-electron chi connectivity index (χ0n) is 10.5. The standard InChI is InChI=1S/C11H19N5O/c1-7(2)5-16(6-9(12)17)10-8(3)4-14-11(13)15-10/h4,7H,5-6H2,1-3H3,(H2,12,17)(H2,13,14,15). The second-order valence-electron chi connectivity index (χ2n) is 4.48. The number of nitrogens with two attached hydrogens (primary N) is 2. The highest BCUT2D eigenvalue weighted by atomic mass is 16.1. The number of anilines is 2. The third-order valence-corrected chi connectivity index (χ3v) is 2.20. The predicted octanol–water partition coefficient (Wildman–Crippen LogP) is 0.315.